The van der Waals surface area contributed by atoms with E-state index >= 15 is 0 Å². The van der Waals surface area contributed by atoms with E-state index in [0.717, 1.165) is 4.90 Å². The van der Waals surface area contributed by atoms with Gasteiger partial charge in [0.25, 0.3) is 0 Å². The molecule has 0 saturated heterocycles. The topological polar surface area (TPSA) is 20.2 Å². The molecule has 3 heteroatoms. The quantitative estimate of drug-likeness (QED) is 0.632. The summed E-state index contributed by atoms with van der Waals surface area (Å²) in [5, 5.41) is 9.08. The molecule has 0 bridgehead atoms. The lowest BCUT2D eigenvalue weighted by Crippen LogP contribution is -1.66. The van der Waals surface area contributed by atoms with Crippen molar-refractivity contribution in [3.8, 4) is 5.75 Å². The number of hydrogen-bond donors (Lipinski definition) is 1. The van der Waals surface area contributed by atoms with Gasteiger partial charge in [0.1, 0.15) is 5.75 Å². The van der Waals surface area contributed by atoms with Gasteiger partial charge in [0.15, 0.2) is 0 Å². The molecule has 0 spiro atoms. The van der Waals surface area contributed by atoms with Crippen LogP contribution in [0.1, 0.15) is 0 Å². The molecule has 1 nitrogen and oxygen atoms in total. The summed E-state index contributed by atoms with van der Waals surface area (Å²) < 4.78 is 0. The Morgan fingerprint density at radius 3 is 2.44 bits per heavy atom. The van der Waals surface area contributed by atoms with Crippen molar-refractivity contribution >= 4 is 19.8 Å². The number of benzene rings is 1. The largest absolute Gasteiger partial charge is 0.507 e. The summed E-state index contributed by atoms with van der Waals surface area (Å²) in [4.78, 5) is 0.891. The molecular weight excluding hydrogens is 151 g/mol. The van der Waals surface area contributed by atoms with Gasteiger partial charge < -0.3 is 5.11 Å². The van der Waals surface area contributed by atoms with E-state index in [1.165, 1.54) is 11.4 Å². The average Bonchev–Trinajstić information content (AvgIpc) is 1.89. The maximum atomic E-state index is 9.08. The molecular formula is C6H7OPS. The van der Waals surface area contributed by atoms with E-state index in [1.54, 1.807) is 12.1 Å². The fraction of sp³-hybridized carbons (Fsp3) is 0. The van der Waals surface area contributed by atoms with E-state index in [9.17, 15) is 0 Å². The molecule has 1 aromatic carbocycles. The van der Waals surface area contributed by atoms with Gasteiger partial charge in [-0.15, -0.1) is 11.4 Å². The van der Waals surface area contributed by atoms with Crippen molar-refractivity contribution in [1.29, 1.82) is 0 Å². The van der Waals surface area contributed by atoms with E-state index in [4.69, 9.17) is 5.11 Å². The number of rotatable bonds is 1. The average molecular weight is 158 g/mol. The maximum Gasteiger partial charge on any atom is 0.129 e. The van der Waals surface area contributed by atoms with Gasteiger partial charge >= 0.3 is 0 Å². The second kappa shape index (κ2) is 3.09. The van der Waals surface area contributed by atoms with Crippen molar-refractivity contribution in [1.82, 2.24) is 0 Å². The van der Waals surface area contributed by atoms with Gasteiger partial charge in [0.05, 0.1) is 4.90 Å². The SMILES string of the molecule is Oc1ccccc1SP. The van der Waals surface area contributed by atoms with Crippen LogP contribution in [0.5, 0.6) is 5.75 Å². The van der Waals surface area contributed by atoms with Crippen molar-refractivity contribution in [3.05, 3.63) is 24.3 Å². The Balaban J connectivity index is 3.01. The summed E-state index contributed by atoms with van der Waals surface area (Å²) in [6.45, 7) is 0. The maximum absolute atomic E-state index is 9.08. The van der Waals surface area contributed by atoms with E-state index < -0.39 is 0 Å². The van der Waals surface area contributed by atoms with Crippen LogP contribution in [0.25, 0.3) is 0 Å². The van der Waals surface area contributed by atoms with Gasteiger partial charge in [-0.25, -0.2) is 0 Å². The van der Waals surface area contributed by atoms with Crippen molar-refractivity contribution in [2.24, 2.45) is 0 Å². The fourth-order valence-electron chi connectivity index (χ4n) is 0.557. The number of phenols is 1. The third-order valence-electron chi connectivity index (χ3n) is 0.992. The minimum absolute atomic E-state index is 0.345. The Hall–Kier alpha value is -0.200. The summed E-state index contributed by atoms with van der Waals surface area (Å²) in [6, 6.07) is 7.24. The first-order valence-corrected chi connectivity index (χ1v) is 4.78. The molecule has 0 amide bonds. The zero-order chi connectivity index (χ0) is 6.69. The lowest BCUT2D eigenvalue weighted by molar-refractivity contribution is 0.462. The van der Waals surface area contributed by atoms with Gasteiger partial charge in [0.2, 0.25) is 0 Å². The highest BCUT2D eigenvalue weighted by Gasteiger charge is 1.93. The zero-order valence-electron chi connectivity index (χ0n) is 4.74. The Morgan fingerprint density at radius 2 is 2.00 bits per heavy atom. The van der Waals surface area contributed by atoms with Gasteiger partial charge in [-0.3, -0.25) is 0 Å². The number of hydrogen-bond acceptors (Lipinski definition) is 2. The van der Waals surface area contributed by atoms with Crippen LogP contribution in [0.2, 0.25) is 0 Å². The first-order valence-electron chi connectivity index (χ1n) is 2.49. The van der Waals surface area contributed by atoms with Crippen molar-refractivity contribution in [3.63, 3.8) is 0 Å². The molecule has 1 rings (SSSR count). The molecule has 1 aromatic rings. The van der Waals surface area contributed by atoms with Crippen molar-refractivity contribution in [2.75, 3.05) is 0 Å². The minimum atomic E-state index is 0.345. The standard InChI is InChI=1S/C6H7OPS/c7-5-3-1-2-4-6(5)9-8/h1-4,7H,8H2. The van der Waals surface area contributed by atoms with Crippen molar-refractivity contribution in [2.45, 2.75) is 4.90 Å². The molecule has 0 radical (unpaired) electrons. The molecule has 0 aliphatic heterocycles. The number of aromatic hydroxyl groups is 1. The smallest absolute Gasteiger partial charge is 0.129 e. The molecule has 1 unspecified atom stereocenters. The number of para-hydroxylation sites is 1. The van der Waals surface area contributed by atoms with Crippen molar-refractivity contribution < 1.29 is 5.11 Å². The van der Waals surface area contributed by atoms with Gasteiger partial charge in [-0.05, 0) is 12.1 Å². The Bertz CT molecular complexity index is 202. The van der Waals surface area contributed by atoms with Crippen LogP contribution < -0.4 is 0 Å². The molecule has 0 aromatic heterocycles. The highest BCUT2D eigenvalue weighted by Crippen LogP contribution is 2.31. The first kappa shape index (κ1) is 6.91. The van der Waals surface area contributed by atoms with Crippen LogP contribution in [-0.2, 0) is 0 Å². The summed E-state index contributed by atoms with van der Waals surface area (Å²) in [7, 11) is 2.48. The normalized spacial score (nSPS) is 9.44. The Morgan fingerprint density at radius 1 is 1.33 bits per heavy atom. The monoisotopic (exact) mass is 158 g/mol. The third kappa shape index (κ3) is 1.60. The van der Waals surface area contributed by atoms with Crippen LogP contribution in [0.15, 0.2) is 29.2 Å². The minimum Gasteiger partial charge on any atom is -0.507 e. The Kier molecular flexibility index (Phi) is 2.38. The molecule has 9 heavy (non-hydrogen) atoms. The second-order valence-corrected chi connectivity index (χ2v) is 2.97. The van der Waals surface area contributed by atoms with Crippen LogP contribution in [-0.4, -0.2) is 5.11 Å². The summed E-state index contributed by atoms with van der Waals surface area (Å²) in [6.07, 6.45) is 0. The van der Waals surface area contributed by atoms with E-state index in [-0.39, 0.29) is 0 Å². The van der Waals surface area contributed by atoms with Crippen LogP contribution in [0.3, 0.4) is 0 Å². The molecule has 1 atom stereocenters. The van der Waals surface area contributed by atoms with Crippen LogP contribution in [0.4, 0.5) is 0 Å². The molecule has 0 aliphatic carbocycles. The first-order chi connectivity index (χ1) is 4.34. The van der Waals surface area contributed by atoms with Gasteiger partial charge in [0, 0.05) is 0 Å². The Labute approximate surface area is 60.4 Å². The molecule has 48 valence electrons. The zero-order valence-corrected chi connectivity index (χ0v) is 6.71. The van der Waals surface area contributed by atoms with Gasteiger partial charge in [-0.2, -0.15) is 0 Å². The van der Waals surface area contributed by atoms with Gasteiger partial charge in [-0.1, -0.05) is 20.6 Å². The highest BCUT2D eigenvalue weighted by molar-refractivity contribution is 8.43. The molecule has 0 saturated carbocycles. The summed E-state index contributed by atoms with van der Waals surface area (Å²) >= 11 is 1.46. The fourth-order valence-corrected chi connectivity index (χ4v) is 1.50. The van der Waals surface area contributed by atoms with Crippen LogP contribution >= 0.6 is 19.8 Å². The highest BCUT2D eigenvalue weighted by atomic mass is 32.7. The summed E-state index contributed by atoms with van der Waals surface area (Å²) in [5.74, 6) is 0.345. The molecule has 0 fully saturated rings. The lowest BCUT2D eigenvalue weighted by Gasteiger charge is -1.96. The molecule has 1 N–H and O–H groups in total. The number of phenolic OH excluding ortho intramolecular Hbond substituents is 1. The second-order valence-electron chi connectivity index (χ2n) is 1.59. The lowest BCUT2D eigenvalue weighted by atomic mass is 10.3. The molecule has 0 aliphatic rings. The predicted molar refractivity (Wildman–Crippen MR) is 43.7 cm³/mol. The van der Waals surface area contributed by atoms with E-state index in [2.05, 4.69) is 8.44 Å². The van der Waals surface area contributed by atoms with Crippen LogP contribution in [0, 0.1) is 0 Å². The van der Waals surface area contributed by atoms with E-state index in [1.807, 2.05) is 12.1 Å². The predicted octanol–water partition coefficient (Wildman–Crippen LogP) is 2.27. The third-order valence-corrected chi connectivity index (χ3v) is 2.35. The van der Waals surface area contributed by atoms with E-state index in [0.29, 0.717) is 5.75 Å². The summed E-state index contributed by atoms with van der Waals surface area (Å²) in [5.41, 5.74) is 0. The molecule has 0 heterocycles.